The third kappa shape index (κ3) is 5.17. The lowest BCUT2D eigenvalue weighted by molar-refractivity contribution is 0.0951. The van der Waals surface area contributed by atoms with E-state index < -0.39 is 5.82 Å². The Morgan fingerprint density at radius 3 is 2.18 bits per heavy atom. The second-order valence-corrected chi connectivity index (χ2v) is 8.00. The highest BCUT2D eigenvalue weighted by Gasteiger charge is 2.20. The average molecular weight is 446 g/mol. The number of hydrogen-bond donors (Lipinski definition) is 1. The highest BCUT2D eigenvalue weighted by molar-refractivity contribution is 6.07. The number of carbonyl (C=O) groups excluding carboxylic acids is 1. The Bertz CT molecular complexity index is 1360. The molecule has 4 nitrogen and oxygen atoms in total. The van der Waals surface area contributed by atoms with Gasteiger partial charge in [0.15, 0.2) is 0 Å². The molecule has 0 atom stereocenters. The molecule has 1 aliphatic rings. The van der Waals surface area contributed by atoms with E-state index in [-0.39, 0.29) is 23.8 Å². The summed E-state index contributed by atoms with van der Waals surface area (Å²) in [7, 11) is 0. The van der Waals surface area contributed by atoms with Gasteiger partial charge in [-0.1, -0.05) is 49.6 Å². The van der Waals surface area contributed by atoms with Crippen LogP contribution in [0.25, 0.3) is 16.5 Å². The van der Waals surface area contributed by atoms with E-state index in [1.54, 1.807) is 43.3 Å². The van der Waals surface area contributed by atoms with Crippen molar-refractivity contribution in [3.63, 3.8) is 0 Å². The Balaban J connectivity index is 0.000000799. The second-order valence-electron chi connectivity index (χ2n) is 8.00. The van der Waals surface area contributed by atoms with Crippen molar-refractivity contribution in [1.29, 1.82) is 0 Å². The lowest BCUT2D eigenvalue weighted by Crippen LogP contribution is -2.29. The molecule has 0 radical (unpaired) electrons. The number of carbonyl (C=O) groups is 1. The minimum atomic E-state index is -0.418. The van der Waals surface area contributed by atoms with E-state index in [1.807, 2.05) is 0 Å². The molecule has 1 heterocycles. The van der Waals surface area contributed by atoms with Gasteiger partial charge in [0.05, 0.1) is 5.56 Å². The van der Waals surface area contributed by atoms with E-state index in [4.69, 9.17) is 0 Å². The fraction of sp³-hybridized carbons (Fsp3) is 0.185. The Morgan fingerprint density at radius 1 is 0.879 bits per heavy atom. The number of fused-ring (bicyclic) bond motifs is 1. The summed E-state index contributed by atoms with van der Waals surface area (Å²) < 4.78 is 28.2. The third-order valence-electron chi connectivity index (χ3n) is 5.33. The molecule has 6 heteroatoms. The molecule has 5 rings (SSSR count). The van der Waals surface area contributed by atoms with Gasteiger partial charge in [-0.3, -0.25) is 14.2 Å². The third-order valence-corrected chi connectivity index (χ3v) is 5.33. The van der Waals surface area contributed by atoms with Crippen molar-refractivity contribution in [2.75, 3.05) is 0 Å². The Labute approximate surface area is 190 Å². The summed E-state index contributed by atoms with van der Waals surface area (Å²) in [5.74, 6) is -1.18. The monoisotopic (exact) mass is 446 g/mol. The van der Waals surface area contributed by atoms with Crippen molar-refractivity contribution >= 4 is 16.7 Å². The number of halogens is 2. The summed E-state index contributed by atoms with van der Waals surface area (Å²) in [4.78, 5) is 26.2. The number of nitrogens with one attached hydrogen (secondary N) is 1. The molecule has 1 fully saturated rings. The van der Waals surface area contributed by atoms with Crippen LogP contribution in [0.2, 0.25) is 0 Å². The van der Waals surface area contributed by atoms with Gasteiger partial charge in [0.2, 0.25) is 0 Å². The van der Waals surface area contributed by atoms with E-state index in [2.05, 4.69) is 5.32 Å². The maximum absolute atomic E-state index is 13.4. The van der Waals surface area contributed by atoms with Crippen LogP contribution in [0.1, 0.15) is 40.9 Å². The Hall–Kier alpha value is -3.80. The number of amides is 1. The van der Waals surface area contributed by atoms with Gasteiger partial charge in [-0.15, -0.1) is 0 Å². The van der Waals surface area contributed by atoms with Crippen LogP contribution in [0.15, 0.2) is 77.6 Å². The summed E-state index contributed by atoms with van der Waals surface area (Å²) >= 11 is 0. The van der Waals surface area contributed by atoms with Crippen molar-refractivity contribution in [2.24, 2.45) is 0 Å². The van der Waals surface area contributed by atoms with E-state index >= 15 is 0 Å². The van der Waals surface area contributed by atoms with E-state index in [0.717, 1.165) is 0 Å². The molecule has 1 aliphatic carbocycles. The molecule has 1 N–H and O–H groups in total. The maximum atomic E-state index is 13.4. The zero-order valence-electron chi connectivity index (χ0n) is 18.3. The average Bonchev–Trinajstić information content (AvgIpc) is 3.69. The van der Waals surface area contributed by atoms with Crippen LogP contribution >= 0.6 is 0 Å². The van der Waals surface area contributed by atoms with Gasteiger partial charge in [0.25, 0.3) is 11.5 Å². The van der Waals surface area contributed by atoms with Crippen molar-refractivity contribution in [3.05, 3.63) is 112 Å². The summed E-state index contributed by atoms with van der Waals surface area (Å²) in [5, 5.41) is 3.70. The molecule has 4 aromatic rings. The normalized spacial score (nSPS) is 12.1. The van der Waals surface area contributed by atoms with Crippen LogP contribution in [-0.2, 0) is 6.54 Å². The van der Waals surface area contributed by atoms with Gasteiger partial charge >= 0.3 is 0 Å². The van der Waals surface area contributed by atoms with Gasteiger partial charge in [-0.2, -0.15) is 0 Å². The lowest BCUT2D eigenvalue weighted by Gasteiger charge is -2.17. The van der Waals surface area contributed by atoms with Crippen LogP contribution in [0.4, 0.5) is 8.78 Å². The summed E-state index contributed by atoms with van der Waals surface area (Å²) in [5.41, 5.74) is 1.56. The van der Waals surface area contributed by atoms with E-state index in [0.29, 0.717) is 33.3 Å². The highest BCUT2D eigenvalue weighted by atomic mass is 19.1. The second kappa shape index (κ2) is 9.77. The first kappa shape index (κ1) is 22.4. The van der Waals surface area contributed by atoms with Gasteiger partial charge in [-0.05, 0) is 55.0 Å². The van der Waals surface area contributed by atoms with Gasteiger partial charge in [-0.25, -0.2) is 8.78 Å². The number of aromatic nitrogens is 1. The summed E-state index contributed by atoms with van der Waals surface area (Å²) in [6, 6.07) is 18.3. The first-order valence-electron chi connectivity index (χ1n) is 10.9. The van der Waals surface area contributed by atoms with Gasteiger partial charge in [0, 0.05) is 28.7 Å². The highest BCUT2D eigenvalue weighted by Crippen LogP contribution is 2.22. The molecule has 0 unspecified atom stereocenters. The van der Waals surface area contributed by atoms with Crippen molar-refractivity contribution in [3.8, 4) is 5.69 Å². The van der Waals surface area contributed by atoms with E-state index in [1.165, 1.54) is 60.2 Å². The number of benzene rings is 3. The molecule has 0 aliphatic heterocycles. The van der Waals surface area contributed by atoms with Crippen LogP contribution in [0, 0.1) is 18.6 Å². The predicted octanol–water partition coefficient (Wildman–Crippen LogP) is 5.68. The van der Waals surface area contributed by atoms with Crippen LogP contribution < -0.4 is 10.9 Å². The fourth-order valence-electron chi connectivity index (χ4n) is 3.57. The lowest BCUT2D eigenvalue weighted by atomic mass is 10.0. The van der Waals surface area contributed by atoms with Crippen LogP contribution in [-0.4, -0.2) is 10.5 Å². The van der Waals surface area contributed by atoms with E-state index in [9.17, 15) is 18.4 Å². The number of nitrogens with zero attached hydrogens (tertiary/aromatic N) is 1. The molecular formula is C27H24F2N2O2. The maximum Gasteiger partial charge on any atom is 0.263 e. The predicted molar refractivity (Wildman–Crippen MR) is 126 cm³/mol. The van der Waals surface area contributed by atoms with Crippen molar-refractivity contribution < 1.29 is 13.6 Å². The molecule has 0 spiro atoms. The number of hydrogen-bond acceptors (Lipinski definition) is 2. The number of pyridine rings is 1. The SMILES string of the molecule is C1CC1.Cc1c(C(=O)NCc2cccc(F)c2)c2ccccc2c(=O)n1-c1ccc(F)cc1. The summed E-state index contributed by atoms with van der Waals surface area (Å²) in [6.45, 7) is 1.81. The van der Waals surface area contributed by atoms with Gasteiger partial charge in [0.1, 0.15) is 11.6 Å². The molecule has 168 valence electrons. The van der Waals surface area contributed by atoms with Crippen LogP contribution in [0.5, 0.6) is 0 Å². The van der Waals surface area contributed by atoms with Crippen molar-refractivity contribution in [2.45, 2.75) is 32.7 Å². The first-order valence-corrected chi connectivity index (χ1v) is 10.9. The zero-order chi connectivity index (χ0) is 23.4. The van der Waals surface area contributed by atoms with Crippen molar-refractivity contribution in [1.82, 2.24) is 9.88 Å². The summed E-state index contributed by atoms with van der Waals surface area (Å²) in [6.07, 6.45) is 4.50. The topological polar surface area (TPSA) is 51.1 Å². The quantitative estimate of drug-likeness (QED) is 0.439. The molecule has 1 saturated carbocycles. The minimum Gasteiger partial charge on any atom is -0.348 e. The Kier molecular flexibility index (Phi) is 6.63. The first-order chi connectivity index (χ1) is 16.0. The fourth-order valence-corrected chi connectivity index (χ4v) is 3.57. The molecule has 33 heavy (non-hydrogen) atoms. The molecule has 0 bridgehead atoms. The smallest absolute Gasteiger partial charge is 0.263 e. The molecule has 1 amide bonds. The molecule has 1 aromatic heterocycles. The van der Waals surface area contributed by atoms with Crippen LogP contribution in [0.3, 0.4) is 0 Å². The number of rotatable bonds is 4. The Morgan fingerprint density at radius 2 is 1.55 bits per heavy atom. The molecule has 3 aromatic carbocycles. The standard InChI is InChI=1S/C24H18F2N2O2.C3H6/c1-15-22(23(29)27-14-16-5-4-6-18(26)13-16)20-7-2-3-8-21(20)24(30)28(15)19-11-9-17(25)10-12-19;1-2-3-1/h2-13H,14H2,1H3,(H,27,29);1-3H2. The zero-order valence-corrected chi connectivity index (χ0v) is 18.3. The molecular weight excluding hydrogens is 422 g/mol. The van der Waals surface area contributed by atoms with Gasteiger partial charge < -0.3 is 5.32 Å². The molecule has 0 saturated heterocycles. The minimum absolute atomic E-state index is 0.139. The largest absolute Gasteiger partial charge is 0.348 e.